The van der Waals surface area contributed by atoms with Crippen LogP contribution in [0.2, 0.25) is 0 Å². The molecular formula is C31H30FNO3. The molecule has 2 atom stereocenters. The van der Waals surface area contributed by atoms with Gasteiger partial charge in [0, 0.05) is 5.69 Å². The van der Waals surface area contributed by atoms with Gasteiger partial charge in [-0.1, -0.05) is 61.5 Å². The van der Waals surface area contributed by atoms with Crippen LogP contribution in [0.25, 0.3) is 10.8 Å². The molecule has 1 aliphatic heterocycles. The molecule has 5 rings (SSSR count). The summed E-state index contributed by atoms with van der Waals surface area (Å²) in [4.78, 5) is 14.2. The zero-order valence-corrected chi connectivity index (χ0v) is 20.6. The summed E-state index contributed by atoms with van der Waals surface area (Å²) in [6.07, 6.45) is 2.94. The van der Waals surface area contributed by atoms with Crippen LogP contribution in [0.5, 0.6) is 5.75 Å². The Balaban J connectivity index is 1.32. The number of anilines is 2. The molecule has 0 saturated heterocycles. The molecule has 36 heavy (non-hydrogen) atoms. The number of rotatable bonds is 7. The van der Waals surface area contributed by atoms with Gasteiger partial charge in [0.05, 0.1) is 24.9 Å². The molecule has 0 N–H and O–H groups in total. The molecule has 0 amide bonds. The molecule has 1 heterocycles. The fourth-order valence-electron chi connectivity index (χ4n) is 5.13. The topological polar surface area (TPSA) is 38.8 Å². The molecule has 1 aliphatic rings. The lowest BCUT2D eigenvalue weighted by molar-refractivity contribution is 0.0595. The Bertz CT molecular complexity index is 1380. The summed E-state index contributed by atoms with van der Waals surface area (Å²) in [5.41, 5.74) is 2.95. The summed E-state index contributed by atoms with van der Waals surface area (Å²) in [6.45, 7) is 2.91. The van der Waals surface area contributed by atoms with Crippen molar-refractivity contribution in [3.05, 3.63) is 102 Å². The highest BCUT2D eigenvalue weighted by Crippen LogP contribution is 2.39. The number of para-hydroxylation sites is 2. The summed E-state index contributed by atoms with van der Waals surface area (Å²) in [5, 5.41) is 2.59. The zero-order chi connectivity index (χ0) is 25.1. The summed E-state index contributed by atoms with van der Waals surface area (Å²) in [6, 6.07) is 27.5. The highest BCUT2D eigenvalue weighted by Gasteiger charge is 2.27. The van der Waals surface area contributed by atoms with Crippen molar-refractivity contribution in [2.75, 3.05) is 18.6 Å². The predicted octanol–water partition coefficient (Wildman–Crippen LogP) is 7.64. The van der Waals surface area contributed by atoms with E-state index in [1.54, 1.807) is 12.1 Å². The first-order valence-corrected chi connectivity index (χ1v) is 12.4. The van der Waals surface area contributed by atoms with Crippen molar-refractivity contribution in [1.29, 1.82) is 0 Å². The SMILES string of the molecule is COC(=O)c1cc(N2CC(CCC[C@H](C)c3cccc4ccccc34)Oc3ccccc32)ccc1F. The first kappa shape index (κ1) is 23.9. The van der Waals surface area contributed by atoms with Gasteiger partial charge in [0.1, 0.15) is 17.7 Å². The minimum Gasteiger partial charge on any atom is -0.486 e. The number of esters is 1. The number of carbonyl (C=O) groups excluding carboxylic acids is 1. The van der Waals surface area contributed by atoms with E-state index < -0.39 is 11.8 Å². The van der Waals surface area contributed by atoms with E-state index in [1.165, 1.54) is 29.5 Å². The van der Waals surface area contributed by atoms with Gasteiger partial charge < -0.3 is 14.4 Å². The highest BCUT2D eigenvalue weighted by molar-refractivity contribution is 5.91. The molecule has 0 bridgehead atoms. The number of hydrogen-bond acceptors (Lipinski definition) is 4. The number of fused-ring (bicyclic) bond motifs is 2. The van der Waals surface area contributed by atoms with Gasteiger partial charge in [0.15, 0.2) is 0 Å². The van der Waals surface area contributed by atoms with Crippen molar-refractivity contribution in [2.45, 2.75) is 38.2 Å². The third-order valence-corrected chi connectivity index (χ3v) is 7.02. The van der Waals surface area contributed by atoms with E-state index in [2.05, 4.69) is 54.3 Å². The van der Waals surface area contributed by atoms with Gasteiger partial charge in [-0.25, -0.2) is 9.18 Å². The smallest absolute Gasteiger partial charge is 0.340 e. The Morgan fingerprint density at radius 2 is 1.83 bits per heavy atom. The van der Waals surface area contributed by atoms with Crippen LogP contribution in [-0.2, 0) is 4.74 Å². The Morgan fingerprint density at radius 3 is 2.69 bits per heavy atom. The van der Waals surface area contributed by atoms with Gasteiger partial charge >= 0.3 is 5.97 Å². The van der Waals surface area contributed by atoms with Crippen LogP contribution < -0.4 is 9.64 Å². The second-order valence-corrected chi connectivity index (χ2v) is 9.37. The van der Waals surface area contributed by atoms with Crippen LogP contribution in [0.15, 0.2) is 84.9 Å². The molecule has 0 spiro atoms. The molecule has 1 unspecified atom stereocenters. The van der Waals surface area contributed by atoms with Crippen molar-refractivity contribution >= 4 is 28.1 Å². The minimum absolute atomic E-state index is 0.0220. The summed E-state index contributed by atoms with van der Waals surface area (Å²) in [5.74, 6) is -0.0522. The number of ether oxygens (including phenoxy) is 2. The van der Waals surface area contributed by atoms with Crippen molar-refractivity contribution < 1.29 is 18.7 Å². The molecule has 0 radical (unpaired) electrons. The second-order valence-electron chi connectivity index (χ2n) is 9.37. The molecule has 0 saturated carbocycles. The maximum atomic E-state index is 14.3. The Kier molecular flexibility index (Phi) is 6.90. The lowest BCUT2D eigenvalue weighted by Gasteiger charge is -2.36. The van der Waals surface area contributed by atoms with Crippen molar-refractivity contribution in [3.8, 4) is 5.75 Å². The van der Waals surface area contributed by atoms with E-state index in [9.17, 15) is 9.18 Å². The van der Waals surface area contributed by atoms with Crippen molar-refractivity contribution in [1.82, 2.24) is 0 Å². The van der Waals surface area contributed by atoms with Gasteiger partial charge in [-0.3, -0.25) is 0 Å². The Morgan fingerprint density at radius 1 is 1.06 bits per heavy atom. The summed E-state index contributed by atoms with van der Waals surface area (Å²) < 4.78 is 25.4. The van der Waals surface area contributed by atoms with E-state index in [4.69, 9.17) is 9.47 Å². The molecule has 0 aromatic heterocycles. The van der Waals surface area contributed by atoms with E-state index in [0.29, 0.717) is 12.5 Å². The monoisotopic (exact) mass is 483 g/mol. The van der Waals surface area contributed by atoms with Gasteiger partial charge in [-0.15, -0.1) is 0 Å². The third kappa shape index (κ3) is 4.78. The maximum absolute atomic E-state index is 14.3. The fourth-order valence-corrected chi connectivity index (χ4v) is 5.13. The van der Waals surface area contributed by atoms with Crippen molar-refractivity contribution in [3.63, 3.8) is 0 Å². The number of nitrogens with zero attached hydrogens (tertiary/aromatic N) is 1. The van der Waals surface area contributed by atoms with Gasteiger partial charge in [-0.05, 0) is 71.8 Å². The molecule has 5 heteroatoms. The lowest BCUT2D eigenvalue weighted by atomic mass is 9.90. The molecule has 184 valence electrons. The summed E-state index contributed by atoms with van der Waals surface area (Å²) >= 11 is 0. The van der Waals surface area contributed by atoms with Gasteiger partial charge in [0.25, 0.3) is 0 Å². The first-order valence-electron chi connectivity index (χ1n) is 12.4. The number of carbonyl (C=O) groups is 1. The lowest BCUT2D eigenvalue weighted by Crippen LogP contribution is -2.37. The van der Waals surface area contributed by atoms with Crippen LogP contribution in [0.3, 0.4) is 0 Å². The Hall–Kier alpha value is -3.86. The van der Waals surface area contributed by atoms with Crippen LogP contribution >= 0.6 is 0 Å². The quantitative estimate of drug-likeness (QED) is 0.253. The molecule has 4 aromatic rings. The third-order valence-electron chi connectivity index (χ3n) is 7.02. The molecule has 0 fully saturated rings. The molecule has 4 aromatic carbocycles. The first-order chi connectivity index (χ1) is 17.5. The standard InChI is InChI=1S/C31H30FNO3/c1-21(25-14-8-11-22-10-3-4-13-26(22)25)9-7-12-24-20-33(29-15-5-6-16-30(29)36-24)23-17-18-28(32)27(19-23)31(34)35-2/h3-6,8,10-11,13-19,21,24H,7,9,12,20H2,1-2H3/t21-,24?/m0/s1. The normalized spacial score (nSPS) is 15.8. The van der Waals surface area contributed by atoms with E-state index in [-0.39, 0.29) is 11.7 Å². The maximum Gasteiger partial charge on any atom is 0.340 e. The fraction of sp³-hybridized carbons (Fsp3) is 0.258. The van der Waals surface area contributed by atoms with E-state index in [0.717, 1.165) is 36.4 Å². The van der Waals surface area contributed by atoms with Crippen LogP contribution in [0, 0.1) is 5.82 Å². The number of hydrogen-bond donors (Lipinski definition) is 0. The molecular weight excluding hydrogens is 453 g/mol. The zero-order valence-electron chi connectivity index (χ0n) is 20.6. The number of methoxy groups -OCH3 is 1. The average Bonchev–Trinajstić information content (AvgIpc) is 2.92. The van der Waals surface area contributed by atoms with E-state index in [1.807, 2.05) is 24.3 Å². The van der Waals surface area contributed by atoms with Crippen molar-refractivity contribution in [2.24, 2.45) is 0 Å². The van der Waals surface area contributed by atoms with E-state index >= 15 is 0 Å². The largest absolute Gasteiger partial charge is 0.486 e. The van der Waals surface area contributed by atoms with Crippen LogP contribution in [0.1, 0.15) is 48.0 Å². The highest BCUT2D eigenvalue weighted by atomic mass is 19.1. The summed E-state index contributed by atoms with van der Waals surface area (Å²) in [7, 11) is 1.26. The molecule has 4 nitrogen and oxygen atoms in total. The number of halogens is 1. The molecule has 0 aliphatic carbocycles. The van der Waals surface area contributed by atoms with Gasteiger partial charge in [0.2, 0.25) is 0 Å². The Labute approximate surface area is 211 Å². The number of benzene rings is 4. The second kappa shape index (κ2) is 10.4. The average molecular weight is 484 g/mol. The van der Waals surface area contributed by atoms with Gasteiger partial charge in [-0.2, -0.15) is 0 Å². The predicted molar refractivity (Wildman–Crippen MR) is 142 cm³/mol. The minimum atomic E-state index is -0.685. The van der Waals surface area contributed by atoms with Crippen LogP contribution in [0.4, 0.5) is 15.8 Å². The van der Waals surface area contributed by atoms with Crippen LogP contribution in [-0.4, -0.2) is 25.7 Å².